The number of fused-ring (bicyclic) bond motifs is 1. The van der Waals surface area contributed by atoms with E-state index in [-0.39, 0.29) is 18.2 Å². The number of nitrogens with one attached hydrogen (secondary N) is 2. The summed E-state index contributed by atoms with van der Waals surface area (Å²) in [5, 5.41) is 20.7. The standard InChI is InChI=1S/C27H31F2N7O3/c1-16(2)23(14-37)31-9-4-10-39-18-7-8-19-22(11-18)32-15-33-27(19)35-17-12-34-36(13-17)25(26(30)38)20-5-3-6-21(28)24(20)29/h3,5-8,11-13,15-16,23,25,31,37H,4,9-10,14H2,1-2H3,(H2,30,38)(H,32,33,35). The van der Waals surface area contributed by atoms with Crippen LogP contribution in [0.5, 0.6) is 5.75 Å². The normalized spacial score (nSPS) is 13.0. The van der Waals surface area contributed by atoms with Crippen LogP contribution in [0.1, 0.15) is 31.9 Å². The number of carbonyl (C=O) groups is 1. The highest BCUT2D eigenvalue weighted by atomic mass is 19.2. The Hall–Kier alpha value is -4.16. The number of ether oxygens (including phenoxy) is 1. The van der Waals surface area contributed by atoms with Gasteiger partial charge in [0.1, 0.15) is 17.9 Å². The van der Waals surface area contributed by atoms with E-state index in [2.05, 4.69) is 39.5 Å². The largest absolute Gasteiger partial charge is 0.493 e. The van der Waals surface area contributed by atoms with Gasteiger partial charge in [-0.05, 0) is 37.1 Å². The predicted molar refractivity (Wildman–Crippen MR) is 143 cm³/mol. The van der Waals surface area contributed by atoms with Gasteiger partial charge in [0.2, 0.25) is 5.91 Å². The average molecular weight is 540 g/mol. The first kappa shape index (κ1) is 27.9. The lowest BCUT2D eigenvalue weighted by molar-refractivity contribution is -0.120. The maximum absolute atomic E-state index is 14.4. The molecule has 4 rings (SSSR count). The fourth-order valence-electron chi connectivity index (χ4n) is 4.13. The topological polar surface area (TPSA) is 140 Å². The summed E-state index contributed by atoms with van der Waals surface area (Å²) in [6, 6.07) is 7.71. The quantitative estimate of drug-likeness (QED) is 0.190. The second-order valence-corrected chi connectivity index (χ2v) is 9.37. The van der Waals surface area contributed by atoms with Crippen LogP contribution in [0.3, 0.4) is 0 Å². The molecular weight excluding hydrogens is 508 g/mol. The van der Waals surface area contributed by atoms with Crippen LogP contribution in [0.25, 0.3) is 10.9 Å². The smallest absolute Gasteiger partial charge is 0.247 e. The first-order chi connectivity index (χ1) is 18.8. The Morgan fingerprint density at radius 1 is 1.21 bits per heavy atom. The van der Waals surface area contributed by atoms with Crippen molar-refractivity contribution in [2.75, 3.05) is 25.1 Å². The lowest BCUT2D eigenvalue weighted by atomic mass is 10.1. The van der Waals surface area contributed by atoms with Crippen LogP contribution in [0, 0.1) is 17.6 Å². The van der Waals surface area contributed by atoms with Crippen LogP contribution in [-0.4, -0.2) is 56.6 Å². The van der Waals surface area contributed by atoms with Gasteiger partial charge in [-0.2, -0.15) is 5.10 Å². The van der Waals surface area contributed by atoms with Crippen molar-refractivity contribution in [3.63, 3.8) is 0 Å². The van der Waals surface area contributed by atoms with Gasteiger partial charge in [0.05, 0.1) is 30.6 Å². The SMILES string of the molecule is CC(C)C(CO)NCCCOc1ccc2c(Nc3cnn(C(C(N)=O)c4cccc(F)c4F)c3)ncnc2c1. The van der Waals surface area contributed by atoms with Crippen molar-refractivity contribution >= 4 is 28.3 Å². The second kappa shape index (κ2) is 12.6. The maximum Gasteiger partial charge on any atom is 0.247 e. The van der Waals surface area contributed by atoms with E-state index in [0.29, 0.717) is 40.7 Å². The van der Waals surface area contributed by atoms with Crippen LogP contribution in [0.15, 0.2) is 55.1 Å². The molecule has 2 aromatic carbocycles. The number of primary amides is 1. The molecule has 206 valence electrons. The summed E-state index contributed by atoms with van der Waals surface area (Å²) >= 11 is 0. The van der Waals surface area contributed by atoms with E-state index >= 15 is 0 Å². The zero-order chi connectivity index (χ0) is 27.9. The Labute approximate surface area is 224 Å². The summed E-state index contributed by atoms with van der Waals surface area (Å²) in [4.78, 5) is 20.8. The minimum atomic E-state index is -1.34. The molecular formula is C27H31F2N7O3. The number of hydrogen-bond donors (Lipinski definition) is 4. The molecule has 0 aliphatic rings. The Kier molecular flexibility index (Phi) is 8.99. The van der Waals surface area contributed by atoms with Gasteiger partial charge in [0.25, 0.3) is 0 Å². The van der Waals surface area contributed by atoms with Gasteiger partial charge < -0.3 is 26.2 Å². The molecule has 2 aromatic heterocycles. The molecule has 4 aromatic rings. The number of amides is 1. The number of aromatic nitrogens is 4. The van der Waals surface area contributed by atoms with E-state index in [0.717, 1.165) is 23.7 Å². The fraction of sp³-hybridized carbons (Fsp3) is 0.333. The third kappa shape index (κ3) is 6.65. The molecule has 2 unspecified atom stereocenters. The van der Waals surface area contributed by atoms with Crippen molar-refractivity contribution in [3.05, 3.63) is 72.3 Å². The Morgan fingerprint density at radius 3 is 2.77 bits per heavy atom. The van der Waals surface area contributed by atoms with Crippen LogP contribution in [-0.2, 0) is 4.79 Å². The summed E-state index contributed by atoms with van der Waals surface area (Å²) in [6.45, 7) is 5.43. The minimum absolute atomic E-state index is 0.0598. The maximum atomic E-state index is 14.4. The first-order valence-electron chi connectivity index (χ1n) is 12.5. The van der Waals surface area contributed by atoms with Crippen molar-refractivity contribution in [2.24, 2.45) is 11.7 Å². The van der Waals surface area contributed by atoms with Crippen molar-refractivity contribution in [3.8, 4) is 5.75 Å². The summed E-state index contributed by atoms with van der Waals surface area (Å²) < 4.78 is 35.2. The van der Waals surface area contributed by atoms with Crippen LogP contribution in [0.4, 0.5) is 20.3 Å². The predicted octanol–water partition coefficient (Wildman–Crippen LogP) is 3.30. The number of aliphatic hydroxyl groups is 1. The molecule has 0 aliphatic heterocycles. The average Bonchev–Trinajstić information content (AvgIpc) is 3.36. The highest BCUT2D eigenvalue weighted by Gasteiger charge is 2.26. The second-order valence-electron chi connectivity index (χ2n) is 9.37. The molecule has 12 heteroatoms. The molecule has 0 saturated heterocycles. The van der Waals surface area contributed by atoms with Gasteiger partial charge in [0.15, 0.2) is 17.7 Å². The monoisotopic (exact) mass is 539 g/mol. The molecule has 0 spiro atoms. The molecule has 2 atom stereocenters. The Balaban J connectivity index is 1.44. The van der Waals surface area contributed by atoms with Crippen molar-refractivity contribution < 1.29 is 23.4 Å². The number of nitrogens with zero attached hydrogens (tertiary/aromatic N) is 4. The van der Waals surface area contributed by atoms with E-state index in [1.54, 1.807) is 6.07 Å². The zero-order valence-electron chi connectivity index (χ0n) is 21.6. The molecule has 5 N–H and O–H groups in total. The number of halogens is 2. The highest BCUT2D eigenvalue weighted by molar-refractivity contribution is 5.91. The molecule has 0 radical (unpaired) electrons. The lowest BCUT2D eigenvalue weighted by Gasteiger charge is -2.19. The highest BCUT2D eigenvalue weighted by Crippen LogP contribution is 2.28. The van der Waals surface area contributed by atoms with E-state index < -0.39 is 23.6 Å². The molecule has 0 saturated carbocycles. The van der Waals surface area contributed by atoms with E-state index in [4.69, 9.17) is 10.5 Å². The number of nitrogens with two attached hydrogens (primary N) is 1. The summed E-state index contributed by atoms with van der Waals surface area (Å²) in [7, 11) is 0. The van der Waals surface area contributed by atoms with E-state index in [1.807, 2.05) is 12.1 Å². The number of anilines is 2. The molecule has 10 nitrogen and oxygen atoms in total. The molecule has 1 amide bonds. The number of hydrogen-bond acceptors (Lipinski definition) is 8. The van der Waals surface area contributed by atoms with Gasteiger partial charge in [-0.1, -0.05) is 26.0 Å². The number of carbonyl (C=O) groups excluding carboxylic acids is 1. The van der Waals surface area contributed by atoms with Gasteiger partial charge in [-0.25, -0.2) is 18.7 Å². The lowest BCUT2D eigenvalue weighted by Crippen LogP contribution is -2.37. The van der Waals surface area contributed by atoms with Gasteiger partial charge >= 0.3 is 0 Å². The van der Waals surface area contributed by atoms with Crippen LogP contribution >= 0.6 is 0 Å². The van der Waals surface area contributed by atoms with E-state index in [1.165, 1.54) is 30.9 Å². The number of aliphatic hydroxyl groups excluding tert-OH is 1. The third-order valence-electron chi connectivity index (χ3n) is 6.28. The van der Waals surface area contributed by atoms with Gasteiger partial charge in [0, 0.05) is 29.3 Å². The third-order valence-corrected chi connectivity index (χ3v) is 6.28. The van der Waals surface area contributed by atoms with Crippen LogP contribution in [0.2, 0.25) is 0 Å². The first-order valence-corrected chi connectivity index (χ1v) is 12.5. The molecule has 2 heterocycles. The zero-order valence-corrected chi connectivity index (χ0v) is 21.6. The summed E-state index contributed by atoms with van der Waals surface area (Å²) in [5.74, 6) is -1.66. The molecule has 39 heavy (non-hydrogen) atoms. The Bertz CT molecular complexity index is 1430. The van der Waals surface area contributed by atoms with E-state index in [9.17, 15) is 18.7 Å². The number of rotatable bonds is 13. The van der Waals surface area contributed by atoms with Gasteiger partial charge in [-0.15, -0.1) is 0 Å². The Morgan fingerprint density at radius 2 is 2.03 bits per heavy atom. The van der Waals surface area contributed by atoms with Crippen molar-refractivity contribution in [1.29, 1.82) is 0 Å². The summed E-state index contributed by atoms with van der Waals surface area (Å²) in [5.41, 5.74) is 6.37. The van der Waals surface area contributed by atoms with Crippen molar-refractivity contribution in [2.45, 2.75) is 32.4 Å². The molecule has 0 aliphatic carbocycles. The van der Waals surface area contributed by atoms with Crippen LogP contribution < -0.4 is 21.1 Å². The van der Waals surface area contributed by atoms with Crippen molar-refractivity contribution in [1.82, 2.24) is 25.1 Å². The number of benzene rings is 2. The molecule has 0 fully saturated rings. The minimum Gasteiger partial charge on any atom is -0.493 e. The van der Waals surface area contributed by atoms with Gasteiger partial charge in [-0.3, -0.25) is 9.48 Å². The molecule has 0 bridgehead atoms. The summed E-state index contributed by atoms with van der Waals surface area (Å²) in [6.07, 6.45) is 5.05. The fourth-order valence-corrected chi connectivity index (χ4v) is 4.13.